The van der Waals surface area contributed by atoms with Gasteiger partial charge in [0.25, 0.3) is 5.91 Å². The number of nitrogens with one attached hydrogen (secondary N) is 1. The van der Waals surface area contributed by atoms with E-state index >= 15 is 0 Å². The summed E-state index contributed by atoms with van der Waals surface area (Å²) in [5.41, 5.74) is -0.241. The van der Waals surface area contributed by atoms with Crippen LogP contribution < -0.4 is 14.8 Å². The van der Waals surface area contributed by atoms with E-state index in [0.717, 1.165) is 0 Å². The third-order valence-corrected chi connectivity index (χ3v) is 2.91. The van der Waals surface area contributed by atoms with Crippen molar-refractivity contribution >= 4 is 11.9 Å². The van der Waals surface area contributed by atoms with E-state index in [1.807, 2.05) is 0 Å². The number of carboxylic acids is 1. The summed E-state index contributed by atoms with van der Waals surface area (Å²) < 4.78 is 34.3. The number of amides is 1. The highest BCUT2D eigenvalue weighted by Gasteiger charge is 2.24. The van der Waals surface area contributed by atoms with E-state index < -0.39 is 30.3 Å². The van der Waals surface area contributed by atoms with E-state index in [4.69, 9.17) is 9.84 Å². The Kier molecular flexibility index (Phi) is 6.98. The van der Waals surface area contributed by atoms with E-state index in [0.29, 0.717) is 6.42 Å². The number of ether oxygens (including phenoxy) is 2. The van der Waals surface area contributed by atoms with Gasteiger partial charge in [0.1, 0.15) is 6.04 Å². The molecule has 0 saturated carbocycles. The molecule has 1 amide bonds. The highest BCUT2D eigenvalue weighted by molar-refractivity contribution is 5.99. The van der Waals surface area contributed by atoms with Crippen molar-refractivity contribution in [1.29, 1.82) is 0 Å². The van der Waals surface area contributed by atoms with Crippen LogP contribution in [0.3, 0.4) is 0 Å². The first-order valence-corrected chi connectivity index (χ1v) is 6.67. The zero-order valence-electron chi connectivity index (χ0n) is 12.4. The predicted octanol–water partition coefficient (Wildman–Crippen LogP) is 2.45. The average Bonchev–Trinajstić information content (AvgIpc) is 2.50. The number of carboxylic acid groups (broad SMARTS) is 1. The van der Waals surface area contributed by atoms with Gasteiger partial charge in [-0.25, -0.2) is 4.79 Å². The Morgan fingerprint density at radius 2 is 2.13 bits per heavy atom. The zero-order chi connectivity index (χ0) is 17.4. The molecule has 1 aromatic carbocycles. The number of benzene rings is 1. The molecule has 8 heteroatoms. The van der Waals surface area contributed by atoms with Gasteiger partial charge in [0.15, 0.2) is 11.5 Å². The molecular formula is C15H17F2NO5. The maximum Gasteiger partial charge on any atom is 0.387 e. The number of halogens is 2. The maximum absolute atomic E-state index is 12.5. The maximum atomic E-state index is 12.5. The van der Waals surface area contributed by atoms with E-state index in [2.05, 4.69) is 16.6 Å². The van der Waals surface area contributed by atoms with Crippen LogP contribution in [0.2, 0.25) is 0 Å². The fraction of sp³-hybridized carbons (Fsp3) is 0.333. The van der Waals surface area contributed by atoms with Gasteiger partial charge in [0.05, 0.1) is 12.7 Å². The number of alkyl halides is 2. The fourth-order valence-corrected chi connectivity index (χ4v) is 1.84. The summed E-state index contributed by atoms with van der Waals surface area (Å²) in [5, 5.41) is 11.4. The van der Waals surface area contributed by atoms with E-state index in [1.165, 1.54) is 31.4 Å². The molecule has 0 saturated heterocycles. The van der Waals surface area contributed by atoms with Crippen LogP contribution in [-0.4, -0.2) is 36.7 Å². The molecule has 0 spiro atoms. The molecule has 2 N–H and O–H groups in total. The number of rotatable bonds is 9. The number of hydrogen-bond acceptors (Lipinski definition) is 4. The van der Waals surface area contributed by atoms with Crippen LogP contribution >= 0.6 is 0 Å². The minimum atomic E-state index is -3.16. The summed E-state index contributed by atoms with van der Waals surface area (Å²) in [6, 6.07) is 2.82. The van der Waals surface area contributed by atoms with Crippen LogP contribution in [0.5, 0.6) is 11.5 Å². The van der Waals surface area contributed by atoms with Gasteiger partial charge in [-0.3, -0.25) is 4.79 Å². The van der Waals surface area contributed by atoms with Gasteiger partial charge in [-0.1, -0.05) is 12.1 Å². The molecule has 1 aromatic rings. The molecule has 6 nitrogen and oxygen atoms in total. The summed E-state index contributed by atoms with van der Waals surface area (Å²) in [6.45, 7) is 0.315. The Labute approximate surface area is 131 Å². The second kappa shape index (κ2) is 8.72. The van der Waals surface area contributed by atoms with Gasteiger partial charge in [0.2, 0.25) is 0 Å². The quantitative estimate of drug-likeness (QED) is 0.680. The zero-order valence-corrected chi connectivity index (χ0v) is 12.4. The van der Waals surface area contributed by atoms with Crippen molar-refractivity contribution < 1.29 is 33.0 Å². The van der Waals surface area contributed by atoms with E-state index in [1.54, 1.807) is 0 Å². The number of aliphatic carboxylic acids is 1. The van der Waals surface area contributed by atoms with Crippen molar-refractivity contribution in [1.82, 2.24) is 5.32 Å². The molecule has 1 unspecified atom stereocenters. The molecule has 0 aliphatic heterocycles. The molecule has 0 fully saturated rings. The Bertz CT molecular complexity index is 577. The smallest absolute Gasteiger partial charge is 0.387 e. The molecular weight excluding hydrogens is 312 g/mol. The summed E-state index contributed by atoms with van der Waals surface area (Å²) in [4.78, 5) is 23.3. The van der Waals surface area contributed by atoms with Gasteiger partial charge in [-0.2, -0.15) is 8.78 Å². The van der Waals surface area contributed by atoms with Crippen LogP contribution in [0.1, 0.15) is 23.2 Å². The number of methoxy groups -OCH3 is 1. The first-order chi connectivity index (χ1) is 10.9. The topological polar surface area (TPSA) is 84.9 Å². The van der Waals surface area contributed by atoms with Gasteiger partial charge >= 0.3 is 12.6 Å². The molecule has 23 heavy (non-hydrogen) atoms. The number of para-hydroxylation sites is 1. The lowest BCUT2D eigenvalue weighted by Crippen LogP contribution is -2.40. The third kappa shape index (κ3) is 5.24. The summed E-state index contributed by atoms with van der Waals surface area (Å²) in [7, 11) is 1.24. The van der Waals surface area contributed by atoms with Gasteiger partial charge in [-0.15, -0.1) is 6.58 Å². The molecule has 126 valence electrons. The average molecular weight is 329 g/mol. The summed E-state index contributed by atoms with van der Waals surface area (Å²) in [5.74, 6) is -2.60. The number of carbonyl (C=O) groups is 2. The lowest BCUT2D eigenvalue weighted by molar-refractivity contribution is -0.139. The highest BCUT2D eigenvalue weighted by atomic mass is 19.3. The lowest BCUT2D eigenvalue weighted by atomic mass is 10.1. The monoisotopic (exact) mass is 329 g/mol. The molecule has 0 heterocycles. The van der Waals surface area contributed by atoms with Gasteiger partial charge < -0.3 is 19.9 Å². The molecule has 1 rings (SSSR count). The van der Waals surface area contributed by atoms with Gasteiger partial charge in [0, 0.05) is 0 Å². The van der Waals surface area contributed by atoms with E-state index in [9.17, 15) is 18.4 Å². The number of hydrogen-bond donors (Lipinski definition) is 2. The van der Waals surface area contributed by atoms with Crippen LogP contribution in [0.4, 0.5) is 8.78 Å². The molecule has 0 bridgehead atoms. The molecule has 1 atom stereocenters. The van der Waals surface area contributed by atoms with Crippen LogP contribution in [0.25, 0.3) is 0 Å². The second-order valence-corrected chi connectivity index (χ2v) is 4.45. The van der Waals surface area contributed by atoms with Crippen molar-refractivity contribution in [3.8, 4) is 11.5 Å². The van der Waals surface area contributed by atoms with Crippen molar-refractivity contribution in [2.45, 2.75) is 25.5 Å². The van der Waals surface area contributed by atoms with Crippen molar-refractivity contribution in [2.24, 2.45) is 0 Å². The van der Waals surface area contributed by atoms with Crippen LogP contribution in [0, 0.1) is 0 Å². The number of allylic oxidation sites excluding steroid dienone is 1. The Morgan fingerprint density at radius 1 is 1.43 bits per heavy atom. The third-order valence-electron chi connectivity index (χ3n) is 2.91. The molecule has 0 aliphatic rings. The minimum Gasteiger partial charge on any atom is -0.493 e. The molecule has 0 aliphatic carbocycles. The van der Waals surface area contributed by atoms with Gasteiger partial charge in [-0.05, 0) is 25.0 Å². The summed E-state index contributed by atoms with van der Waals surface area (Å²) in [6.07, 6.45) is 2.01. The number of carbonyl (C=O) groups excluding carboxylic acids is 1. The van der Waals surface area contributed by atoms with Crippen LogP contribution in [0.15, 0.2) is 30.9 Å². The minimum absolute atomic E-state index is 0.0593. The van der Waals surface area contributed by atoms with Crippen molar-refractivity contribution in [3.05, 3.63) is 36.4 Å². The summed E-state index contributed by atoms with van der Waals surface area (Å²) >= 11 is 0. The Morgan fingerprint density at radius 3 is 2.65 bits per heavy atom. The highest BCUT2D eigenvalue weighted by Crippen LogP contribution is 2.32. The normalized spacial score (nSPS) is 11.7. The van der Waals surface area contributed by atoms with Crippen LogP contribution in [-0.2, 0) is 4.79 Å². The largest absolute Gasteiger partial charge is 0.493 e. The standard InChI is InChI=1S/C15H17F2NO5/c1-3-4-7-10(14(20)21)18-13(19)9-6-5-8-11(22-2)12(9)23-15(16)17/h3,5-6,8,10,15H,1,4,7H2,2H3,(H,18,19)(H,20,21). The molecule has 0 aromatic heterocycles. The SMILES string of the molecule is C=CCCC(NC(=O)c1cccc(OC)c1OC(F)F)C(=O)O. The lowest BCUT2D eigenvalue weighted by Gasteiger charge is -2.17. The Hall–Kier alpha value is -2.64. The van der Waals surface area contributed by atoms with E-state index in [-0.39, 0.29) is 17.7 Å². The van der Waals surface area contributed by atoms with Crippen molar-refractivity contribution in [2.75, 3.05) is 7.11 Å². The Balaban J connectivity index is 3.06. The second-order valence-electron chi connectivity index (χ2n) is 4.45. The van der Waals surface area contributed by atoms with Crippen molar-refractivity contribution in [3.63, 3.8) is 0 Å². The predicted molar refractivity (Wildman–Crippen MR) is 77.9 cm³/mol. The first-order valence-electron chi connectivity index (χ1n) is 6.67. The first kappa shape index (κ1) is 18.4. The molecule has 0 radical (unpaired) electrons. The fourth-order valence-electron chi connectivity index (χ4n) is 1.84.